The summed E-state index contributed by atoms with van der Waals surface area (Å²) in [7, 11) is 0. The Hall–Kier alpha value is -0.870. The van der Waals surface area contributed by atoms with E-state index < -0.39 is 5.60 Å². The number of nitrogens with one attached hydrogen (secondary N) is 1. The van der Waals surface area contributed by atoms with Crippen molar-refractivity contribution in [1.82, 2.24) is 5.32 Å². The molecule has 0 bridgehead atoms. The Kier molecular flexibility index (Phi) is 5.82. The maximum absolute atomic E-state index is 11.4. The summed E-state index contributed by atoms with van der Waals surface area (Å²) >= 11 is 3.39. The molecule has 0 spiro atoms. The van der Waals surface area contributed by atoms with Gasteiger partial charge in [-0.3, -0.25) is 4.79 Å². The largest absolute Gasteiger partial charge is 0.460 e. The molecule has 4 heteroatoms. The smallest absolute Gasteiger partial charge is 0.307 e. The van der Waals surface area contributed by atoms with Crippen LogP contribution in [-0.4, -0.2) is 18.1 Å². The minimum absolute atomic E-state index is 0.161. The molecular formula is C14H20BrNO2. The lowest BCUT2D eigenvalue weighted by atomic mass is 10.2. The fourth-order valence-electron chi connectivity index (χ4n) is 1.42. The molecule has 0 aliphatic heterocycles. The second-order valence-electron chi connectivity index (χ2n) is 5.14. The van der Waals surface area contributed by atoms with Gasteiger partial charge in [-0.25, -0.2) is 0 Å². The van der Waals surface area contributed by atoms with Gasteiger partial charge in [0.15, 0.2) is 0 Å². The summed E-state index contributed by atoms with van der Waals surface area (Å²) in [6.45, 7) is 7.02. The monoisotopic (exact) mass is 313 g/mol. The molecule has 0 unspecified atom stereocenters. The fourth-order valence-corrected chi connectivity index (χ4v) is 1.68. The first-order valence-electron chi connectivity index (χ1n) is 6.04. The number of esters is 1. The number of carbonyl (C=O) groups excluding carboxylic acids is 1. The first-order valence-corrected chi connectivity index (χ1v) is 6.83. The molecule has 3 nitrogen and oxygen atoms in total. The van der Waals surface area contributed by atoms with E-state index in [1.54, 1.807) is 0 Å². The van der Waals surface area contributed by atoms with Crippen molar-refractivity contribution in [1.29, 1.82) is 0 Å². The molecule has 0 radical (unpaired) electrons. The van der Waals surface area contributed by atoms with Crippen molar-refractivity contribution < 1.29 is 9.53 Å². The second-order valence-corrected chi connectivity index (χ2v) is 6.06. The normalized spacial score (nSPS) is 11.3. The molecule has 100 valence electrons. The number of carbonyl (C=O) groups is 1. The Labute approximate surface area is 117 Å². The van der Waals surface area contributed by atoms with Crippen molar-refractivity contribution in [2.45, 2.75) is 39.3 Å². The highest BCUT2D eigenvalue weighted by atomic mass is 79.9. The molecule has 0 aromatic heterocycles. The summed E-state index contributed by atoms with van der Waals surface area (Å²) in [5.41, 5.74) is 0.797. The minimum Gasteiger partial charge on any atom is -0.460 e. The zero-order valence-corrected chi connectivity index (χ0v) is 12.7. The van der Waals surface area contributed by atoms with Gasteiger partial charge in [-0.05, 0) is 38.5 Å². The molecule has 0 heterocycles. The van der Waals surface area contributed by atoms with Crippen LogP contribution < -0.4 is 5.32 Å². The van der Waals surface area contributed by atoms with Gasteiger partial charge in [0, 0.05) is 17.6 Å². The molecule has 1 aromatic rings. The van der Waals surface area contributed by atoms with Gasteiger partial charge in [-0.15, -0.1) is 0 Å². The number of hydrogen-bond acceptors (Lipinski definition) is 3. The van der Waals surface area contributed by atoms with E-state index in [0.717, 1.165) is 11.0 Å². The second kappa shape index (κ2) is 6.90. The summed E-state index contributed by atoms with van der Waals surface area (Å²) < 4.78 is 6.29. The SMILES string of the molecule is CC(C)(C)OC(=O)CCNCc1ccc(Br)cc1. The van der Waals surface area contributed by atoms with Crippen LogP contribution in [0.25, 0.3) is 0 Å². The van der Waals surface area contributed by atoms with Gasteiger partial charge in [0.05, 0.1) is 6.42 Å². The van der Waals surface area contributed by atoms with Gasteiger partial charge in [-0.2, -0.15) is 0 Å². The molecule has 18 heavy (non-hydrogen) atoms. The van der Waals surface area contributed by atoms with E-state index >= 15 is 0 Å². The lowest BCUT2D eigenvalue weighted by Crippen LogP contribution is -2.26. The minimum atomic E-state index is -0.400. The molecule has 0 saturated carbocycles. The molecule has 0 aliphatic rings. The van der Waals surface area contributed by atoms with Crippen LogP contribution in [0, 0.1) is 0 Å². The van der Waals surface area contributed by atoms with Gasteiger partial charge < -0.3 is 10.1 Å². The Morgan fingerprint density at radius 3 is 2.44 bits per heavy atom. The molecule has 0 atom stereocenters. The van der Waals surface area contributed by atoms with Gasteiger partial charge in [0.25, 0.3) is 0 Å². The summed E-state index contributed by atoms with van der Waals surface area (Å²) in [5, 5.41) is 3.22. The number of hydrogen-bond donors (Lipinski definition) is 1. The molecule has 1 N–H and O–H groups in total. The van der Waals surface area contributed by atoms with Crippen LogP contribution in [0.3, 0.4) is 0 Å². The van der Waals surface area contributed by atoms with Crippen LogP contribution in [0.4, 0.5) is 0 Å². The summed E-state index contributed by atoms with van der Waals surface area (Å²) in [6, 6.07) is 8.10. The van der Waals surface area contributed by atoms with Crippen molar-refractivity contribution >= 4 is 21.9 Å². The molecule has 1 aromatic carbocycles. The number of benzene rings is 1. The van der Waals surface area contributed by atoms with Crippen LogP contribution in [0.1, 0.15) is 32.8 Å². The van der Waals surface area contributed by atoms with Crippen LogP contribution in [0.2, 0.25) is 0 Å². The fraction of sp³-hybridized carbons (Fsp3) is 0.500. The van der Waals surface area contributed by atoms with E-state index in [1.165, 1.54) is 5.56 Å². The highest BCUT2D eigenvalue weighted by molar-refractivity contribution is 9.10. The van der Waals surface area contributed by atoms with E-state index in [1.807, 2.05) is 45.0 Å². The van der Waals surface area contributed by atoms with E-state index in [2.05, 4.69) is 21.2 Å². The predicted molar refractivity (Wildman–Crippen MR) is 76.3 cm³/mol. The van der Waals surface area contributed by atoms with Gasteiger partial charge in [0.2, 0.25) is 0 Å². The van der Waals surface area contributed by atoms with E-state index in [4.69, 9.17) is 4.74 Å². The third kappa shape index (κ3) is 6.77. The molecule has 0 aliphatic carbocycles. The topological polar surface area (TPSA) is 38.3 Å². The third-order valence-corrected chi connectivity index (χ3v) is 2.70. The summed E-state index contributed by atoms with van der Waals surface area (Å²) in [6.07, 6.45) is 0.397. The maximum atomic E-state index is 11.4. The molecule has 0 fully saturated rings. The molecular weight excluding hydrogens is 294 g/mol. The third-order valence-electron chi connectivity index (χ3n) is 2.17. The number of rotatable bonds is 5. The standard InChI is InChI=1S/C14H20BrNO2/c1-14(2,3)18-13(17)8-9-16-10-11-4-6-12(15)7-5-11/h4-7,16H,8-10H2,1-3H3. The summed E-state index contributed by atoms with van der Waals surface area (Å²) in [4.78, 5) is 11.4. The number of halogens is 1. The number of ether oxygens (including phenoxy) is 1. The highest BCUT2D eigenvalue weighted by Gasteiger charge is 2.15. The van der Waals surface area contributed by atoms with Crippen molar-refractivity contribution in [3.63, 3.8) is 0 Å². The average molecular weight is 314 g/mol. The van der Waals surface area contributed by atoms with Crippen LogP contribution >= 0.6 is 15.9 Å². The first kappa shape index (κ1) is 15.2. The zero-order chi connectivity index (χ0) is 13.6. The van der Waals surface area contributed by atoms with Gasteiger partial charge in [0.1, 0.15) is 5.60 Å². The molecule has 0 saturated heterocycles. The van der Waals surface area contributed by atoms with Crippen molar-refractivity contribution in [2.75, 3.05) is 6.54 Å². The van der Waals surface area contributed by atoms with Gasteiger partial charge >= 0.3 is 5.97 Å². The van der Waals surface area contributed by atoms with E-state index in [-0.39, 0.29) is 5.97 Å². The lowest BCUT2D eigenvalue weighted by molar-refractivity contribution is -0.154. The molecule has 1 rings (SSSR count). The van der Waals surface area contributed by atoms with Crippen LogP contribution in [-0.2, 0) is 16.1 Å². The Bertz CT molecular complexity index is 382. The quantitative estimate of drug-likeness (QED) is 0.669. The Balaban J connectivity index is 2.19. The van der Waals surface area contributed by atoms with Gasteiger partial charge in [-0.1, -0.05) is 28.1 Å². The van der Waals surface area contributed by atoms with Crippen molar-refractivity contribution in [3.8, 4) is 0 Å². The van der Waals surface area contributed by atoms with Crippen molar-refractivity contribution in [2.24, 2.45) is 0 Å². The van der Waals surface area contributed by atoms with E-state index in [9.17, 15) is 4.79 Å². The van der Waals surface area contributed by atoms with Crippen molar-refractivity contribution in [3.05, 3.63) is 34.3 Å². The van der Waals surface area contributed by atoms with Crippen LogP contribution in [0.15, 0.2) is 28.7 Å². The summed E-state index contributed by atoms with van der Waals surface area (Å²) in [5.74, 6) is -0.161. The Morgan fingerprint density at radius 2 is 1.89 bits per heavy atom. The van der Waals surface area contributed by atoms with E-state index in [0.29, 0.717) is 13.0 Å². The molecule has 0 amide bonds. The Morgan fingerprint density at radius 1 is 1.28 bits per heavy atom. The predicted octanol–water partition coefficient (Wildman–Crippen LogP) is 3.27. The maximum Gasteiger partial charge on any atom is 0.307 e. The first-order chi connectivity index (χ1) is 8.37. The zero-order valence-electron chi connectivity index (χ0n) is 11.1. The van der Waals surface area contributed by atoms with Crippen LogP contribution in [0.5, 0.6) is 0 Å². The average Bonchev–Trinajstić information content (AvgIpc) is 2.24. The lowest BCUT2D eigenvalue weighted by Gasteiger charge is -2.19. The highest BCUT2D eigenvalue weighted by Crippen LogP contribution is 2.10.